The molecule has 22 heavy (non-hydrogen) atoms. The molecule has 0 aromatic heterocycles. The number of carboxylic acids is 1. The van der Waals surface area contributed by atoms with Crippen LogP contribution in [0.15, 0.2) is 24.3 Å². The number of carboxylic acid groups (broad SMARTS) is 1. The van der Waals surface area contributed by atoms with Gasteiger partial charge in [-0.15, -0.1) is 0 Å². The lowest BCUT2D eigenvalue weighted by Gasteiger charge is -2.36. The van der Waals surface area contributed by atoms with Gasteiger partial charge in [0.15, 0.2) is 0 Å². The van der Waals surface area contributed by atoms with Crippen molar-refractivity contribution in [2.24, 2.45) is 0 Å². The summed E-state index contributed by atoms with van der Waals surface area (Å²) in [6.07, 6.45) is 3.36. The first-order valence-electron chi connectivity index (χ1n) is 7.83. The van der Waals surface area contributed by atoms with Gasteiger partial charge in [0.05, 0.1) is 5.92 Å². The van der Waals surface area contributed by atoms with Crippen LogP contribution in [0.4, 0.5) is 0 Å². The van der Waals surface area contributed by atoms with E-state index in [0.29, 0.717) is 26.1 Å². The quantitative estimate of drug-likeness (QED) is 0.893. The van der Waals surface area contributed by atoms with Gasteiger partial charge in [0.1, 0.15) is 5.54 Å². The Morgan fingerprint density at radius 1 is 1.23 bits per heavy atom. The highest BCUT2D eigenvalue weighted by Gasteiger charge is 2.43. The molecule has 0 spiro atoms. The van der Waals surface area contributed by atoms with Crippen molar-refractivity contribution in [3.8, 4) is 0 Å². The van der Waals surface area contributed by atoms with E-state index >= 15 is 0 Å². The standard InChI is InChI=1S/C17H21NO4/c19-15(18-17(16(20)21)8-10-22-11-9-17)14-7-3-5-12-4-1-2-6-13(12)14/h1-2,4,6,14H,3,5,7-11H2,(H,18,19)(H,20,21). The van der Waals surface area contributed by atoms with Crippen LogP contribution in [-0.4, -0.2) is 35.7 Å². The van der Waals surface area contributed by atoms with Crippen LogP contribution in [0.25, 0.3) is 0 Å². The van der Waals surface area contributed by atoms with Gasteiger partial charge in [-0.1, -0.05) is 24.3 Å². The van der Waals surface area contributed by atoms with Gasteiger partial charge < -0.3 is 15.2 Å². The van der Waals surface area contributed by atoms with Gasteiger partial charge in [-0.3, -0.25) is 4.79 Å². The molecule has 1 aromatic carbocycles. The predicted octanol–water partition coefficient (Wildman–Crippen LogP) is 1.86. The summed E-state index contributed by atoms with van der Waals surface area (Å²) in [6, 6.07) is 7.95. The fourth-order valence-electron chi connectivity index (χ4n) is 3.46. The number of carbonyl (C=O) groups is 2. The van der Waals surface area contributed by atoms with E-state index in [0.717, 1.165) is 24.8 Å². The van der Waals surface area contributed by atoms with Gasteiger partial charge in [0, 0.05) is 26.1 Å². The Bertz CT molecular complexity index is 578. The van der Waals surface area contributed by atoms with Gasteiger partial charge >= 0.3 is 5.97 Å². The van der Waals surface area contributed by atoms with Crippen molar-refractivity contribution in [2.45, 2.75) is 43.6 Å². The summed E-state index contributed by atoms with van der Waals surface area (Å²) >= 11 is 0. The lowest BCUT2D eigenvalue weighted by Crippen LogP contribution is -2.58. The first-order chi connectivity index (χ1) is 10.6. The highest BCUT2D eigenvalue weighted by Crippen LogP contribution is 2.33. The lowest BCUT2D eigenvalue weighted by atomic mass is 9.81. The topological polar surface area (TPSA) is 75.6 Å². The molecule has 1 saturated heterocycles. The number of benzene rings is 1. The molecule has 3 rings (SSSR count). The molecule has 1 fully saturated rings. The molecule has 1 aliphatic heterocycles. The third kappa shape index (κ3) is 2.73. The molecule has 1 unspecified atom stereocenters. The van der Waals surface area contributed by atoms with Crippen molar-refractivity contribution in [1.82, 2.24) is 5.32 Å². The minimum Gasteiger partial charge on any atom is -0.480 e. The van der Waals surface area contributed by atoms with Crippen LogP contribution in [0, 0.1) is 0 Å². The van der Waals surface area contributed by atoms with E-state index in [1.165, 1.54) is 5.56 Å². The highest BCUT2D eigenvalue weighted by atomic mass is 16.5. The van der Waals surface area contributed by atoms with Gasteiger partial charge in [-0.05, 0) is 30.4 Å². The number of fused-ring (bicyclic) bond motifs is 1. The number of aliphatic carboxylic acids is 1. The van der Waals surface area contributed by atoms with E-state index in [1.54, 1.807) is 0 Å². The Morgan fingerprint density at radius 3 is 2.68 bits per heavy atom. The molecule has 118 valence electrons. The second-order valence-corrected chi connectivity index (χ2v) is 6.13. The maximum Gasteiger partial charge on any atom is 0.329 e. The maximum atomic E-state index is 12.7. The Labute approximate surface area is 129 Å². The fourth-order valence-corrected chi connectivity index (χ4v) is 3.46. The molecule has 2 N–H and O–H groups in total. The van der Waals surface area contributed by atoms with E-state index in [1.807, 2.05) is 18.2 Å². The third-order valence-electron chi connectivity index (χ3n) is 4.80. The monoisotopic (exact) mass is 303 g/mol. The minimum absolute atomic E-state index is 0.170. The van der Waals surface area contributed by atoms with Crippen LogP contribution in [0.3, 0.4) is 0 Å². The van der Waals surface area contributed by atoms with Gasteiger partial charge in [-0.25, -0.2) is 4.79 Å². The zero-order valence-corrected chi connectivity index (χ0v) is 12.5. The molecule has 1 aromatic rings. The molecule has 5 nitrogen and oxygen atoms in total. The van der Waals surface area contributed by atoms with Crippen molar-refractivity contribution in [1.29, 1.82) is 0 Å². The summed E-state index contributed by atoms with van der Waals surface area (Å²) in [5, 5.41) is 12.4. The van der Waals surface area contributed by atoms with Crippen LogP contribution in [0.1, 0.15) is 42.7 Å². The Morgan fingerprint density at radius 2 is 1.95 bits per heavy atom. The zero-order chi connectivity index (χ0) is 15.6. The average molecular weight is 303 g/mol. The molecular weight excluding hydrogens is 282 g/mol. The minimum atomic E-state index is -1.18. The number of nitrogens with one attached hydrogen (secondary N) is 1. The Hall–Kier alpha value is -1.88. The Balaban J connectivity index is 1.81. The van der Waals surface area contributed by atoms with Crippen molar-refractivity contribution >= 4 is 11.9 Å². The number of aryl methyl sites for hydroxylation is 1. The summed E-state index contributed by atoms with van der Waals surface area (Å²) in [5.41, 5.74) is 1.06. The number of amides is 1. The van der Waals surface area contributed by atoms with Crippen LogP contribution >= 0.6 is 0 Å². The van der Waals surface area contributed by atoms with Gasteiger partial charge in [0.2, 0.25) is 5.91 Å². The normalized spacial score (nSPS) is 23.4. The smallest absolute Gasteiger partial charge is 0.329 e. The van der Waals surface area contributed by atoms with Crippen LogP contribution in [0.2, 0.25) is 0 Å². The number of ether oxygens (including phenoxy) is 1. The molecule has 1 atom stereocenters. The SMILES string of the molecule is O=C(NC1(C(=O)O)CCOCC1)C1CCCc2ccccc21. The number of hydrogen-bond acceptors (Lipinski definition) is 3. The molecule has 2 aliphatic rings. The lowest BCUT2D eigenvalue weighted by molar-refractivity contribution is -0.152. The molecule has 1 heterocycles. The Kier molecular flexibility index (Phi) is 4.16. The van der Waals surface area contributed by atoms with Crippen LogP contribution in [-0.2, 0) is 20.7 Å². The molecule has 5 heteroatoms. The number of hydrogen-bond donors (Lipinski definition) is 2. The number of carbonyl (C=O) groups excluding carboxylic acids is 1. The molecule has 1 amide bonds. The summed E-state index contributed by atoms with van der Waals surface area (Å²) < 4.78 is 5.24. The van der Waals surface area contributed by atoms with Gasteiger partial charge in [0.25, 0.3) is 0 Å². The first-order valence-corrected chi connectivity index (χ1v) is 7.83. The van der Waals surface area contributed by atoms with Crippen molar-refractivity contribution in [2.75, 3.05) is 13.2 Å². The molecular formula is C17H21NO4. The van der Waals surface area contributed by atoms with E-state index in [4.69, 9.17) is 4.74 Å². The molecule has 1 aliphatic carbocycles. The first kappa shape index (κ1) is 15.0. The molecule has 0 bridgehead atoms. The third-order valence-corrected chi connectivity index (χ3v) is 4.80. The van der Waals surface area contributed by atoms with Crippen molar-refractivity contribution in [3.05, 3.63) is 35.4 Å². The van der Waals surface area contributed by atoms with E-state index in [-0.39, 0.29) is 11.8 Å². The second kappa shape index (κ2) is 6.08. The van der Waals surface area contributed by atoms with E-state index in [9.17, 15) is 14.7 Å². The average Bonchev–Trinajstić information content (AvgIpc) is 2.55. The van der Waals surface area contributed by atoms with Crippen LogP contribution < -0.4 is 5.32 Å². The number of rotatable bonds is 3. The van der Waals surface area contributed by atoms with Crippen molar-refractivity contribution in [3.63, 3.8) is 0 Å². The van der Waals surface area contributed by atoms with Crippen LogP contribution in [0.5, 0.6) is 0 Å². The summed E-state index contributed by atoms with van der Waals surface area (Å²) in [5.74, 6) is -1.38. The van der Waals surface area contributed by atoms with Gasteiger partial charge in [-0.2, -0.15) is 0 Å². The highest BCUT2D eigenvalue weighted by molar-refractivity contribution is 5.91. The molecule has 0 radical (unpaired) electrons. The summed E-state index contributed by atoms with van der Waals surface area (Å²) in [7, 11) is 0. The largest absolute Gasteiger partial charge is 0.480 e. The maximum absolute atomic E-state index is 12.7. The summed E-state index contributed by atoms with van der Waals surface area (Å²) in [6.45, 7) is 0.738. The fraction of sp³-hybridized carbons (Fsp3) is 0.529. The van der Waals surface area contributed by atoms with Crippen molar-refractivity contribution < 1.29 is 19.4 Å². The van der Waals surface area contributed by atoms with E-state index < -0.39 is 11.5 Å². The summed E-state index contributed by atoms with van der Waals surface area (Å²) in [4.78, 5) is 24.4. The molecule has 0 saturated carbocycles. The second-order valence-electron chi connectivity index (χ2n) is 6.13. The zero-order valence-electron chi connectivity index (χ0n) is 12.5. The predicted molar refractivity (Wildman–Crippen MR) is 80.7 cm³/mol. The van der Waals surface area contributed by atoms with E-state index in [2.05, 4.69) is 11.4 Å².